The largest absolute Gasteiger partial charge is 0.0654 e. The summed E-state index contributed by atoms with van der Waals surface area (Å²) in [5.74, 6) is 12.6. The zero-order chi connectivity index (χ0) is 52.6. The summed E-state index contributed by atoms with van der Waals surface area (Å²) in [7, 11) is 0. The Morgan fingerprint density at radius 3 is 0.914 bits per heavy atom. The maximum absolute atomic E-state index is 2.39. The van der Waals surface area contributed by atoms with Crippen LogP contribution >= 0.6 is 0 Å². The van der Waals surface area contributed by atoms with Crippen LogP contribution in [0.4, 0.5) is 0 Å². The molecule has 70 heavy (non-hydrogen) atoms. The van der Waals surface area contributed by atoms with E-state index in [9.17, 15) is 0 Å². The average Bonchev–Trinajstić information content (AvgIpc) is 4.10. The normalized spacial score (nSPS) is 31.4. The summed E-state index contributed by atoms with van der Waals surface area (Å²) in [6.45, 7) is 42.0. The van der Waals surface area contributed by atoms with Gasteiger partial charge in [-0.05, 0) is 151 Å². The van der Waals surface area contributed by atoms with E-state index in [1.807, 2.05) is 0 Å². The Morgan fingerprint density at radius 2 is 0.814 bits per heavy atom. The Hall–Kier alpha value is 0. The summed E-state index contributed by atoms with van der Waals surface area (Å²) in [4.78, 5) is 0. The summed E-state index contributed by atoms with van der Waals surface area (Å²) in [5, 5.41) is 0. The van der Waals surface area contributed by atoms with Crippen LogP contribution in [0.1, 0.15) is 362 Å². The highest BCUT2D eigenvalue weighted by atomic mass is 14.4. The summed E-state index contributed by atoms with van der Waals surface area (Å²) in [5.41, 5.74) is 2.22. The fraction of sp³-hybridized carbons (Fsp3) is 1.00. The Kier molecular flexibility index (Phi) is 37.4. The molecular formula is C70H140. The maximum atomic E-state index is 2.39. The van der Waals surface area contributed by atoms with Gasteiger partial charge in [-0.15, -0.1) is 0 Å². The zero-order valence-electron chi connectivity index (χ0n) is 52.6. The third kappa shape index (κ3) is 31.1. The highest BCUT2D eigenvalue weighted by molar-refractivity contribution is 4.82. The van der Waals surface area contributed by atoms with E-state index < -0.39 is 0 Å². The molecule has 6 atom stereocenters. The van der Waals surface area contributed by atoms with Crippen molar-refractivity contribution in [3.63, 3.8) is 0 Å². The van der Waals surface area contributed by atoms with E-state index in [-0.39, 0.29) is 0 Å². The molecule has 0 aromatic rings. The Bertz CT molecular complexity index is 1070. The quantitative estimate of drug-likeness (QED) is 0.227. The molecule has 10 saturated carbocycles. The molecule has 420 valence electrons. The molecule has 0 nitrogen and oxygen atoms in total. The summed E-state index contributed by atoms with van der Waals surface area (Å²) < 4.78 is 0. The van der Waals surface area contributed by atoms with Crippen LogP contribution in [0.15, 0.2) is 0 Å². The van der Waals surface area contributed by atoms with Crippen molar-refractivity contribution in [1.82, 2.24) is 0 Å². The van der Waals surface area contributed by atoms with Gasteiger partial charge in [-0.2, -0.15) is 0 Å². The minimum Gasteiger partial charge on any atom is -0.0654 e. The van der Waals surface area contributed by atoms with Crippen LogP contribution in [0.25, 0.3) is 0 Å². The first-order valence-electron chi connectivity index (χ1n) is 33.2. The van der Waals surface area contributed by atoms with Crippen molar-refractivity contribution in [3.05, 3.63) is 0 Å². The standard InChI is InChI=1S/10C7H14/c1-6-3-4-7(2)5-6;1-7(2)5-3-4-6-7;1-6-4-3-5-7(6)2;1-6(2)7-4-3-5-7;1-3-7-4-6(2)5-7;2*1-3-7(2)5-4-6-7;1-3-7-5-4-6(7)2;1-2-7-5-3-4-6-7;1-2-4-7-5-3-6-7/h6-7H,3-5H2,1-2H3;3-6H2,1-2H3;3*6-7H,3-5H2,1-2H3;2*3-6H2,1-2H3;6-7H,3-5H2,1-2H3;2*7H,2-6H2,1H3/t6-,7?;;6-,7?;;;;;6-,7?;;/m1.1....0../s1. The van der Waals surface area contributed by atoms with Crippen LogP contribution in [-0.2, 0) is 0 Å². The van der Waals surface area contributed by atoms with Crippen molar-refractivity contribution >= 4 is 0 Å². The van der Waals surface area contributed by atoms with Crippen LogP contribution in [0.3, 0.4) is 0 Å². The Balaban J connectivity index is 0.000000389. The minimum absolute atomic E-state index is 0.694. The molecule has 0 aromatic heterocycles. The van der Waals surface area contributed by atoms with Gasteiger partial charge in [0.1, 0.15) is 0 Å². The lowest BCUT2D eigenvalue weighted by Gasteiger charge is -2.37. The molecule has 10 rings (SSSR count). The van der Waals surface area contributed by atoms with E-state index in [0.717, 1.165) is 81.8 Å². The second-order valence-corrected chi connectivity index (χ2v) is 29.0. The molecular weight excluding hydrogens is 841 g/mol. The highest BCUT2D eigenvalue weighted by Gasteiger charge is 2.30. The van der Waals surface area contributed by atoms with Crippen LogP contribution in [-0.4, -0.2) is 0 Å². The molecule has 10 aliphatic carbocycles. The van der Waals surface area contributed by atoms with Crippen molar-refractivity contribution in [1.29, 1.82) is 0 Å². The molecule has 0 amide bonds. The number of rotatable bonds is 8. The van der Waals surface area contributed by atoms with E-state index in [0.29, 0.717) is 5.41 Å². The fourth-order valence-corrected chi connectivity index (χ4v) is 12.9. The summed E-state index contributed by atoms with van der Waals surface area (Å²) in [6, 6.07) is 0. The molecule has 0 aromatic carbocycles. The first-order chi connectivity index (χ1) is 33.2. The van der Waals surface area contributed by atoms with Gasteiger partial charge in [-0.3, -0.25) is 0 Å². The van der Waals surface area contributed by atoms with Gasteiger partial charge in [0.2, 0.25) is 0 Å². The zero-order valence-corrected chi connectivity index (χ0v) is 52.6. The number of hydrogen-bond donors (Lipinski definition) is 0. The van der Waals surface area contributed by atoms with Crippen molar-refractivity contribution in [2.45, 2.75) is 362 Å². The van der Waals surface area contributed by atoms with Crippen LogP contribution in [0.5, 0.6) is 0 Å². The van der Waals surface area contributed by atoms with Gasteiger partial charge in [0.05, 0.1) is 0 Å². The van der Waals surface area contributed by atoms with Gasteiger partial charge in [0, 0.05) is 0 Å². The molecule has 0 aliphatic heterocycles. The molecule has 0 heteroatoms. The molecule has 0 spiro atoms. The molecule has 10 fully saturated rings. The van der Waals surface area contributed by atoms with E-state index in [1.54, 1.807) is 0 Å². The topological polar surface area (TPSA) is 0 Å². The van der Waals surface area contributed by atoms with Gasteiger partial charge in [-0.25, -0.2) is 0 Å². The molecule has 0 N–H and O–H groups in total. The molecule has 0 bridgehead atoms. The summed E-state index contributed by atoms with van der Waals surface area (Å²) >= 11 is 0. The van der Waals surface area contributed by atoms with E-state index in [4.69, 9.17) is 0 Å². The smallest absolute Gasteiger partial charge is 0.0328 e. The molecule has 10 aliphatic rings. The monoisotopic (exact) mass is 981 g/mol. The molecule has 0 heterocycles. The van der Waals surface area contributed by atoms with Crippen molar-refractivity contribution in [3.8, 4) is 0 Å². The van der Waals surface area contributed by atoms with Gasteiger partial charge < -0.3 is 0 Å². The summed E-state index contributed by atoms with van der Waals surface area (Å²) in [6.07, 6.45) is 54.4. The van der Waals surface area contributed by atoms with Crippen molar-refractivity contribution < 1.29 is 0 Å². The Labute approximate surface area is 447 Å². The minimum atomic E-state index is 0.694. The fourth-order valence-electron chi connectivity index (χ4n) is 12.9. The van der Waals surface area contributed by atoms with Crippen LogP contribution in [0.2, 0.25) is 0 Å². The lowest BCUT2D eigenvalue weighted by molar-refractivity contribution is 0.155. The molecule has 0 saturated heterocycles. The predicted octanol–water partition coefficient (Wildman–Crippen LogP) is 25.1. The van der Waals surface area contributed by atoms with Crippen LogP contribution < -0.4 is 0 Å². The van der Waals surface area contributed by atoms with E-state index in [2.05, 4.69) is 125 Å². The van der Waals surface area contributed by atoms with Crippen molar-refractivity contribution in [2.75, 3.05) is 0 Å². The van der Waals surface area contributed by atoms with Gasteiger partial charge in [0.25, 0.3) is 0 Å². The Morgan fingerprint density at radius 1 is 0.371 bits per heavy atom. The number of hydrogen-bond acceptors (Lipinski definition) is 0. The van der Waals surface area contributed by atoms with Gasteiger partial charge >= 0.3 is 0 Å². The van der Waals surface area contributed by atoms with Crippen molar-refractivity contribution in [2.24, 2.45) is 87.3 Å². The highest BCUT2D eigenvalue weighted by Crippen LogP contribution is 2.44. The SMILES string of the molecule is CC(C)C1CCC1.CC1(C)CCCC1.CC1CCC[C@H]1C.CC1CC[C@@H](C)C1.CCC1(C)CCC1.CCC1(C)CCC1.CCC1CC(C)C1.CCC1CCCC1.CCC1CC[C@@H]1C.CCCC1CCC1. The van der Waals surface area contributed by atoms with E-state index >= 15 is 0 Å². The van der Waals surface area contributed by atoms with E-state index in [1.165, 1.54) is 238 Å². The maximum Gasteiger partial charge on any atom is -0.0328 e. The third-order valence-electron chi connectivity index (χ3n) is 21.5. The lowest BCUT2D eigenvalue weighted by Crippen LogP contribution is -2.23. The molecule has 0 radical (unpaired) electrons. The first-order valence-corrected chi connectivity index (χ1v) is 33.2. The lowest BCUT2D eigenvalue weighted by atomic mass is 9.69. The van der Waals surface area contributed by atoms with Gasteiger partial charge in [0.15, 0.2) is 0 Å². The average molecular weight is 982 g/mol. The first kappa shape index (κ1) is 68.0. The third-order valence-corrected chi connectivity index (χ3v) is 21.5. The molecule has 3 unspecified atom stereocenters. The van der Waals surface area contributed by atoms with Gasteiger partial charge in [-0.1, -0.05) is 298 Å². The second kappa shape index (κ2) is 38.5. The second-order valence-electron chi connectivity index (χ2n) is 29.0. The predicted molar refractivity (Wildman–Crippen MR) is 322 cm³/mol. The van der Waals surface area contributed by atoms with Crippen LogP contribution in [0, 0.1) is 87.3 Å².